The van der Waals surface area contributed by atoms with Gasteiger partial charge in [0.15, 0.2) is 22.7 Å². The van der Waals surface area contributed by atoms with Crippen LogP contribution >= 0.6 is 12.4 Å². The molecule has 0 bridgehead atoms. The summed E-state index contributed by atoms with van der Waals surface area (Å²) in [6.45, 7) is 0.468. The highest BCUT2D eigenvalue weighted by molar-refractivity contribution is 5.96. The number of nitrogens with zero attached hydrogens (tertiary/aromatic N) is 6. The van der Waals surface area contributed by atoms with Crippen molar-refractivity contribution >= 4 is 41.0 Å². The smallest absolute Gasteiger partial charge is 0.439 e. The largest absolute Gasteiger partial charge is 0.477 e. The Bertz CT molecular complexity index is 2140. The average Bonchev–Trinajstić information content (AvgIpc) is 3.80. The fourth-order valence-corrected chi connectivity index (χ4v) is 4.89. The van der Waals surface area contributed by atoms with Crippen LogP contribution in [0.25, 0.3) is 28.1 Å². The number of carboxylic acids is 1. The quantitative estimate of drug-likeness (QED) is 0.213. The lowest BCUT2D eigenvalue weighted by molar-refractivity contribution is 0.0687. The summed E-state index contributed by atoms with van der Waals surface area (Å²) in [4.78, 5) is 53.1. The number of aryl methyl sites for hydroxylation is 2. The van der Waals surface area contributed by atoms with Gasteiger partial charge in [-0.2, -0.15) is 4.52 Å². The molecule has 1 aliphatic rings. The second kappa shape index (κ2) is 12.9. The second-order valence-electron chi connectivity index (χ2n) is 9.69. The van der Waals surface area contributed by atoms with Gasteiger partial charge in [0.25, 0.3) is 5.91 Å². The number of nitrogens with one attached hydrogen (secondary N) is 2. The number of oxazole rings is 1. The maximum absolute atomic E-state index is 12.8. The molecule has 16 nitrogen and oxygen atoms in total. The molecule has 0 saturated heterocycles. The fraction of sp³-hybridized carbons (Fsp3) is 0.214. The molecule has 0 spiro atoms. The van der Waals surface area contributed by atoms with E-state index in [-0.39, 0.29) is 48.7 Å². The number of nitrogens with two attached hydrogens (primary N) is 1. The first-order valence-electron chi connectivity index (χ1n) is 12.9. The Morgan fingerprint density at radius 2 is 1.98 bits per heavy atom. The van der Waals surface area contributed by atoms with Gasteiger partial charge in [-0.25, -0.2) is 19.4 Å². The molecule has 5 N–H and O–H groups in total. The average molecular weight is 638 g/mol. The number of halogens is 1. The number of aromatic amines is 1. The van der Waals surface area contributed by atoms with E-state index in [4.69, 9.17) is 10.2 Å². The first kappa shape index (κ1) is 32.3. The summed E-state index contributed by atoms with van der Waals surface area (Å²) in [7, 11) is 1.68. The molecule has 0 aliphatic heterocycles. The maximum Gasteiger partial charge on any atom is 0.439 e. The number of carbonyl (C=O) groups excluding carboxylic acids is 1. The molecule has 4 heterocycles. The number of aromatic carboxylic acids is 1. The summed E-state index contributed by atoms with van der Waals surface area (Å²) in [6.07, 6.45) is 2.67. The number of H-pyrrole nitrogens is 1. The van der Waals surface area contributed by atoms with Gasteiger partial charge in [-0.15, -0.1) is 17.5 Å². The molecule has 0 radical (unpaired) electrons. The van der Waals surface area contributed by atoms with Crippen LogP contribution in [0.2, 0.25) is 0 Å². The second-order valence-corrected chi connectivity index (χ2v) is 9.69. The normalized spacial score (nSPS) is 13.3. The van der Waals surface area contributed by atoms with Crippen molar-refractivity contribution in [1.29, 1.82) is 0 Å². The van der Waals surface area contributed by atoms with Crippen LogP contribution in [-0.4, -0.2) is 51.5 Å². The number of benzene rings is 2. The molecule has 45 heavy (non-hydrogen) atoms. The monoisotopic (exact) mass is 637 g/mol. The number of rotatable bonds is 5. The third-order valence-electron chi connectivity index (χ3n) is 7.05. The highest BCUT2D eigenvalue weighted by Crippen LogP contribution is 2.33. The van der Waals surface area contributed by atoms with E-state index in [1.165, 1.54) is 16.8 Å². The van der Waals surface area contributed by atoms with Gasteiger partial charge in [-0.3, -0.25) is 18.9 Å². The number of hydrogen-bond donors (Lipinski definition) is 4. The lowest BCUT2D eigenvalue weighted by atomic mass is 10.0. The predicted octanol–water partition coefficient (Wildman–Crippen LogP) is 2.23. The van der Waals surface area contributed by atoms with Gasteiger partial charge in [0.05, 0.1) is 17.8 Å². The van der Waals surface area contributed by atoms with Crippen LogP contribution < -0.4 is 22.6 Å². The number of carbonyl (C=O) groups is 2. The number of hydrogen-bond acceptors (Lipinski definition) is 11. The molecule has 1 amide bonds. The first-order chi connectivity index (χ1) is 20.7. The SMILES string of the molecule is C.Cl.Cn1c(=O)oc2ccc(CN)cc21.O=C(N[C@H]1CCc2cc(-c3noc(=O)[nH]3)ccc21)c1cc(C(=O)O)n2nncc2n1. The zero-order chi connectivity index (χ0) is 30.2. The van der Waals surface area contributed by atoms with Crippen molar-refractivity contribution in [2.45, 2.75) is 32.9 Å². The van der Waals surface area contributed by atoms with Crippen molar-refractivity contribution in [3.05, 3.63) is 97.8 Å². The van der Waals surface area contributed by atoms with Crippen LogP contribution in [0.3, 0.4) is 0 Å². The molecule has 7 rings (SSSR count). The minimum Gasteiger partial charge on any atom is -0.477 e. The summed E-state index contributed by atoms with van der Waals surface area (Å²) >= 11 is 0. The maximum atomic E-state index is 12.8. The van der Waals surface area contributed by atoms with Gasteiger partial charge in [0, 0.05) is 25.2 Å². The van der Waals surface area contributed by atoms with E-state index in [0.29, 0.717) is 29.9 Å². The molecule has 4 aromatic heterocycles. The fourth-order valence-electron chi connectivity index (χ4n) is 4.89. The van der Waals surface area contributed by atoms with E-state index >= 15 is 0 Å². The van der Waals surface area contributed by atoms with E-state index in [0.717, 1.165) is 33.1 Å². The lowest BCUT2D eigenvalue weighted by Gasteiger charge is -2.14. The van der Waals surface area contributed by atoms with E-state index in [1.807, 2.05) is 24.3 Å². The molecule has 1 atom stereocenters. The molecular formula is C28H28ClN9O7. The zero-order valence-corrected chi connectivity index (χ0v) is 23.7. The third kappa shape index (κ3) is 6.22. The Morgan fingerprint density at radius 3 is 2.69 bits per heavy atom. The van der Waals surface area contributed by atoms with Crippen molar-refractivity contribution in [1.82, 2.24) is 39.8 Å². The summed E-state index contributed by atoms with van der Waals surface area (Å²) in [5, 5.41) is 23.2. The van der Waals surface area contributed by atoms with Gasteiger partial charge in [-0.1, -0.05) is 36.0 Å². The van der Waals surface area contributed by atoms with Crippen LogP contribution in [0, 0.1) is 0 Å². The van der Waals surface area contributed by atoms with Crippen molar-refractivity contribution in [3.8, 4) is 11.4 Å². The highest BCUT2D eigenvalue weighted by Gasteiger charge is 2.26. The van der Waals surface area contributed by atoms with Crippen LogP contribution in [0.15, 0.2) is 67.2 Å². The van der Waals surface area contributed by atoms with E-state index in [9.17, 15) is 24.3 Å². The van der Waals surface area contributed by atoms with Gasteiger partial charge >= 0.3 is 17.5 Å². The summed E-state index contributed by atoms with van der Waals surface area (Å²) < 4.78 is 12.0. The summed E-state index contributed by atoms with van der Waals surface area (Å²) in [5.41, 5.74) is 10.4. The molecule has 17 heteroatoms. The minimum atomic E-state index is -1.24. The molecule has 6 aromatic rings. The van der Waals surface area contributed by atoms with E-state index < -0.39 is 17.6 Å². The van der Waals surface area contributed by atoms with Gasteiger partial charge < -0.3 is 20.6 Å². The van der Waals surface area contributed by atoms with E-state index in [2.05, 4.69) is 35.3 Å². The Morgan fingerprint density at radius 1 is 1.18 bits per heavy atom. The van der Waals surface area contributed by atoms with Crippen LogP contribution in [0.5, 0.6) is 0 Å². The Labute approximate surface area is 259 Å². The van der Waals surface area contributed by atoms with Gasteiger partial charge in [0.2, 0.25) is 0 Å². The minimum absolute atomic E-state index is 0. The number of carboxylic acid groups (broad SMARTS) is 1. The highest BCUT2D eigenvalue weighted by atomic mass is 35.5. The van der Waals surface area contributed by atoms with Crippen molar-refractivity contribution in [2.24, 2.45) is 12.8 Å². The molecule has 2 aromatic carbocycles. The number of fused-ring (bicyclic) bond motifs is 3. The third-order valence-corrected chi connectivity index (χ3v) is 7.05. The predicted molar refractivity (Wildman–Crippen MR) is 162 cm³/mol. The van der Waals surface area contributed by atoms with Crippen LogP contribution in [-0.2, 0) is 20.0 Å². The van der Waals surface area contributed by atoms with Gasteiger partial charge in [0.1, 0.15) is 5.69 Å². The number of aromatic nitrogens is 7. The number of amides is 1. The summed E-state index contributed by atoms with van der Waals surface area (Å²) in [6, 6.07) is 11.9. The van der Waals surface area contributed by atoms with Crippen LogP contribution in [0.1, 0.15) is 57.6 Å². The Hall–Kier alpha value is -5.61. The standard InChI is InChI=1S/C18H13N7O5.C9H10N2O2.CH4.ClH/c26-16(12-6-13(17(27)28)25-14(20-12)7-19-24-25)21-11-4-2-8-5-9(1-3-10(8)11)15-22-18(29)30-23-15;1-11-7-4-6(5-10)2-3-8(7)13-9(11)12;;/h1,3,5-7,11H,2,4H2,(H,21,26)(H,27,28)(H,22,23,29);2-4H,5,10H2,1H3;1H4;1H/t11-;;;/m0.../s1. The topological polar surface area (TPSA) is 230 Å². The van der Waals surface area contributed by atoms with Crippen molar-refractivity contribution < 1.29 is 23.6 Å². The van der Waals surface area contributed by atoms with Crippen molar-refractivity contribution in [2.75, 3.05) is 0 Å². The first-order valence-corrected chi connectivity index (χ1v) is 12.9. The van der Waals surface area contributed by atoms with E-state index in [1.54, 1.807) is 19.2 Å². The molecular weight excluding hydrogens is 610 g/mol. The van der Waals surface area contributed by atoms with Crippen LogP contribution in [0.4, 0.5) is 0 Å². The Kier molecular flexibility index (Phi) is 9.29. The molecule has 1 aliphatic carbocycles. The molecule has 234 valence electrons. The zero-order valence-electron chi connectivity index (χ0n) is 22.9. The van der Waals surface area contributed by atoms with Crippen molar-refractivity contribution in [3.63, 3.8) is 0 Å². The molecule has 0 fully saturated rings. The molecule has 0 saturated carbocycles. The Balaban J connectivity index is 0.000000260. The van der Waals surface area contributed by atoms with Gasteiger partial charge in [-0.05, 0) is 47.7 Å². The summed E-state index contributed by atoms with van der Waals surface area (Å²) in [5.74, 6) is -2.38. The molecule has 0 unspecified atom stereocenters. The lowest BCUT2D eigenvalue weighted by Crippen LogP contribution is -2.28.